The largest absolute Gasteiger partial charge is 0.466 e. The minimum atomic E-state index is -2.69. The molecule has 0 bridgehead atoms. The fourth-order valence-corrected chi connectivity index (χ4v) is 4.78. The number of hydrogen-bond acceptors (Lipinski definition) is 8. The first-order chi connectivity index (χ1) is 20.3. The molecule has 0 aromatic heterocycles. The first kappa shape index (κ1) is 40.0. The van der Waals surface area contributed by atoms with Gasteiger partial charge in [-0.1, -0.05) is 124 Å². The lowest BCUT2D eigenvalue weighted by atomic mass is 9.80. The van der Waals surface area contributed by atoms with E-state index in [9.17, 15) is 24.3 Å². The van der Waals surface area contributed by atoms with Gasteiger partial charge < -0.3 is 19.3 Å². The zero-order valence-electron chi connectivity index (χ0n) is 27.4. The molecule has 0 radical (unpaired) electrons. The van der Waals surface area contributed by atoms with Crippen LogP contribution in [0.2, 0.25) is 0 Å². The molecule has 1 N–H and O–H groups in total. The van der Waals surface area contributed by atoms with Crippen LogP contribution in [0.25, 0.3) is 0 Å². The molecule has 2 atom stereocenters. The third-order valence-corrected chi connectivity index (χ3v) is 7.56. The highest BCUT2D eigenvalue weighted by Crippen LogP contribution is 2.29. The SMILES string of the molecule is CCCCCCCCCCCCCCCC(=O)C(C(=O)OCCCC)C(O)(CC(=O)OCCCC)C(=O)OCCCC. The van der Waals surface area contributed by atoms with Crippen LogP contribution in [-0.2, 0) is 33.4 Å². The second-order valence-electron chi connectivity index (χ2n) is 11.6. The maximum absolute atomic E-state index is 13.4. The third kappa shape index (κ3) is 18.6. The molecule has 8 nitrogen and oxygen atoms in total. The summed E-state index contributed by atoms with van der Waals surface area (Å²) in [7, 11) is 0. The molecule has 0 aromatic carbocycles. The normalized spacial score (nSPS) is 13.3. The Balaban J connectivity index is 5.18. The number of ketones is 1. The third-order valence-electron chi connectivity index (χ3n) is 7.56. The molecule has 2 unspecified atom stereocenters. The van der Waals surface area contributed by atoms with Crippen LogP contribution in [0.1, 0.15) is 163 Å². The molecule has 0 aromatic rings. The zero-order valence-corrected chi connectivity index (χ0v) is 27.4. The summed E-state index contributed by atoms with van der Waals surface area (Å²) in [5, 5.41) is 11.6. The number of carbonyl (C=O) groups is 4. The fraction of sp³-hybridized carbons (Fsp3) is 0.882. The Morgan fingerprint density at radius 3 is 1.43 bits per heavy atom. The average molecular weight is 599 g/mol. The average Bonchev–Trinajstić information content (AvgIpc) is 2.95. The van der Waals surface area contributed by atoms with Crippen LogP contribution in [0.5, 0.6) is 0 Å². The number of ether oxygens (including phenoxy) is 3. The number of carbonyl (C=O) groups excluding carboxylic acids is 4. The summed E-state index contributed by atoms with van der Waals surface area (Å²) in [5.41, 5.74) is -2.69. The molecule has 0 rings (SSSR count). The highest BCUT2D eigenvalue weighted by atomic mass is 16.6. The van der Waals surface area contributed by atoms with Gasteiger partial charge in [-0.2, -0.15) is 0 Å². The lowest BCUT2D eigenvalue weighted by molar-refractivity contribution is -0.188. The van der Waals surface area contributed by atoms with Gasteiger partial charge in [0.2, 0.25) is 0 Å². The van der Waals surface area contributed by atoms with Crippen LogP contribution in [0.15, 0.2) is 0 Å². The van der Waals surface area contributed by atoms with Crippen molar-refractivity contribution in [1.29, 1.82) is 0 Å². The minimum Gasteiger partial charge on any atom is -0.466 e. The van der Waals surface area contributed by atoms with Crippen molar-refractivity contribution in [2.75, 3.05) is 19.8 Å². The quantitative estimate of drug-likeness (QED) is 0.0401. The van der Waals surface area contributed by atoms with Gasteiger partial charge in [-0.05, 0) is 25.7 Å². The highest BCUT2D eigenvalue weighted by Gasteiger charge is 2.55. The predicted molar refractivity (Wildman–Crippen MR) is 166 cm³/mol. The maximum atomic E-state index is 13.4. The summed E-state index contributed by atoms with van der Waals surface area (Å²) in [6, 6.07) is 0. The smallest absolute Gasteiger partial charge is 0.340 e. The molecule has 0 aliphatic heterocycles. The zero-order chi connectivity index (χ0) is 31.5. The van der Waals surface area contributed by atoms with Crippen molar-refractivity contribution < 1.29 is 38.5 Å². The molecule has 246 valence electrons. The van der Waals surface area contributed by atoms with Crippen molar-refractivity contribution in [1.82, 2.24) is 0 Å². The van der Waals surface area contributed by atoms with Crippen molar-refractivity contribution >= 4 is 23.7 Å². The monoisotopic (exact) mass is 598 g/mol. The minimum absolute atomic E-state index is 0.000731. The molecule has 0 aliphatic rings. The first-order valence-corrected chi connectivity index (χ1v) is 17.0. The van der Waals surface area contributed by atoms with E-state index >= 15 is 0 Å². The van der Waals surface area contributed by atoms with Crippen LogP contribution in [0.4, 0.5) is 0 Å². The van der Waals surface area contributed by atoms with E-state index in [0.717, 1.165) is 38.5 Å². The molecule has 0 spiro atoms. The standard InChI is InChI=1S/C34H62O8/c1-5-9-13-14-15-16-17-18-19-20-21-22-23-24-29(35)31(32(37)41-26-11-7-3)34(39,33(38)42-27-12-8-4)28-30(36)40-25-10-6-2/h31,39H,5-28H2,1-4H3. The molecule has 42 heavy (non-hydrogen) atoms. The molecule has 8 heteroatoms. The van der Waals surface area contributed by atoms with Gasteiger partial charge in [0, 0.05) is 6.42 Å². The predicted octanol–water partition coefficient (Wildman–Crippen LogP) is 7.80. The Morgan fingerprint density at radius 1 is 0.548 bits per heavy atom. The van der Waals surface area contributed by atoms with Gasteiger partial charge in [-0.3, -0.25) is 14.4 Å². The molecule has 0 fully saturated rings. The van der Waals surface area contributed by atoms with Gasteiger partial charge in [-0.15, -0.1) is 0 Å². The Hall–Kier alpha value is -1.96. The van der Waals surface area contributed by atoms with Crippen molar-refractivity contribution in [3.63, 3.8) is 0 Å². The lowest BCUT2D eigenvalue weighted by Gasteiger charge is -2.31. The lowest BCUT2D eigenvalue weighted by Crippen LogP contribution is -2.55. The van der Waals surface area contributed by atoms with Gasteiger partial charge >= 0.3 is 17.9 Å². The Morgan fingerprint density at radius 2 is 0.952 bits per heavy atom. The second-order valence-corrected chi connectivity index (χ2v) is 11.6. The van der Waals surface area contributed by atoms with E-state index in [1.807, 2.05) is 20.8 Å². The number of hydrogen-bond donors (Lipinski definition) is 1. The molecule has 0 aliphatic carbocycles. The van der Waals surface area contributed by atoms with E-state index < -0.39 is 41.6 Å². The van der Waals surface area contributed by atoms with Gasteiger partial charge in [-0.25, -0.2) is 4.79 Å². The van der Waals surface area contributed by atoms with Gasteiger partial charge in [0.05, 0.1) is 26.2 Å². The van der Waals surface area contributed by atoms with Crippen molar-refractivity contribution in [2.45, 2.75) is 168 Å². The molecule has 0 saturated heterocycles. The number of aliphatic hydroxyl groups is 1. The van der Waals surface area contributed by atoms with Crippen molar-refractivity contribution in [3.05, 3.63) is 0 Å². The number of rotatable bonds is 29. The molecule has 0 saturated carbocycles. The van der Waals surface area contributed by atoms with Crippen LogP contribution < -0.4 is 0 Å². The van der Waals surface area contributed by atoms with Gasteiger partial charge in [0.25, 0.3) is 0 Å². The number of Topliss-reactive ketones (excluding diaryl/α,β-unsaturated/α-hetero) is 1. The second kappa shape index (κ2) is 26.7. The number of esters is 3. The van der Waals surface area contributed by atoms with E-state index in [4.69, 9.17) is 14.2 Å². The maximum Gasteiger partial charge on any atom is 0.340 e. The van der Waals surface area contributed by atoms with Gasteiger partial charge in [0.15, 0.2) is 17.3 Å². The summed E-state index contributed by atoms with van der Waals surface area (Å²) >= 11 is 0. The summed E-state index contributed by atoms with van der Waals surface area (Å²) in [6.07, 6.45) is 18.1. The van der Waals surface area contributed by atoms with E-state index in [1.54, 1.807) is 0 Å². The Bertz CT molecular complexity index is 722. The summed E-state index contributed by atoms with van der Waals surface area (Å²) in [4.78, 5) is 52.3. The van der Waals surface area contributed by atoms with E-state index in [2.05, 4.69) is 6.92 Å². The molecular weight excluding hydrogens is 536 g/mol. The first-order valence-electron chi connectivity index (χ1n) is 17.0. The fourth-order valence-electron chi connectivity index (χ4n) is 4.78. The summed E-state index contributed by atoms with van der Waals surface area (Å²) < 4.78 is 15.7. The van der Waals surface area contributed by atoms with Crippen LogP contribution in [0, 0.1) is 5.92 Å². The molecule has 0 heterocycles. The highest BCUT2D eigenvalue weighted by molar-refractivity contribution is 6.06. The Kier molecular flexibility index (Phi) is 25.4. The van der Waals surface area contributed by atoms with Crippen molar-refractivity contribution in [3.8, 4) is 0 Å². The molecular formula is C34H62O8. The molecule has 0 amide bonds. The number of unbranched alkanes of at least 4 members (excludes halogenated alkanes) is 15. The topological polar surface area (TPSA) is 116 Å². The van der Waals surface area contributed by atoms with Crippen LogP contribution in [-0.4, -0.2) is 54.2 Å². The van der Waals surface area contributed by atoms with Gasteiger partial charge in [0.1, 0.15) is 0 Å². The van der Waals surface area contributed by atoms with Crippen LogP contribution in [0.3, 0.4) is 0 Å². The van der Waals surface area contributed by atoms with E-state index in [-0.39, 0.29) is 26.2 Å². The van der Waals surface area contributed by atoms with E-state index in [1.165, 1.54) is 57.8 Å². The summed E-state index contributed by atoms with van der Waals surface area (Å²) in [5.74, 6) is -5.49. The Labute approximate surface area is 256 Å². The van der Waals surface area contributed by atoms with Crippen molar-refractivity contribution in [2.24, 2.45) is 5.92 Å². The summed E-state index contributed by atoms with van der Waals surface area (Å²) in [6.45, 7) is 8.20. The van der Waals surface area contributed by atoms with E-state index in [0.29, 0.717) is 25.7 Å². The van der Waals surface area contributed by atoms with Crippen LogP contribution >= 0.6 is 0 Å².